The fourth-order valence-electron chi connectivity index (χ4n) is 1.39. The monoisotopic (exact) mass is 232 g/mol. The first-order valence-electron chi connectivity index (χ1n) is 4.64. The molecule has 1 nitrogen and oxygen atoms in total. The largest absolute Gasteiger partial charge is 0.388 e. The summed E-state index contributed by atoms with van der Waals surface area (Å²) in [6, 6.07) is 5.26. The predicted octanol–water partition coefficient (Wildman–Crippen LogP) is 4.07. The maximum absolute atomic E-state index is 9.88. The van der Waals surface area contributed by atoms with E-state index in [2.05, 4.69) is 0 Å². The van der Waals surface area contributed by atoms with E-state index in [1.165, 1.54) is 0 Å². The van der Waals surface area contributed by atoms with Crippen LogP contribution >= 0.6 is 23.2 Å². The Morgan fingerprint density at radius 3 is 2.14 bits per heavy atom. The number of hydrogen-bond acceptors (Lipinski definition) is 1. The van der Waals surface area contributed by atoms with Crippen molar-refractivity contribution in [2.75, 3.05) is 0 Å². The highest BCUT2D eigenvalue weighted by atomic mass is 35.5. The predicted molar refractivity (Wildman–Crippen MR) is 60.9 cm³/mol. The van der Waals surface area contributed by atoms with Gasteiger partial charge in [0, 0.05) is 15.6 Å². The first-order chi connectivity index (χ1) is 6.52. The average molecular weight is 233 g/mol. The molecule has 0 radical (unpaired) electrons. The molecule has 0 heterocycles. The van der Waals surface area contributed by atoms with Crippen LogP contribution in [0.4, 0.5) is 0 Å². The lowest BCUT2D eigenvalue weighted by atomic mass is 9.99. The van der Waals surface area contributed by atoms with Gasteiger partial charge in [-0.25, -0.2) is 0 Å². The van der Waals surface area contributed by atoms with E-state index >= 15 is 0 Å². The molecule has 0 aliphatic rings. The van der Waals surface area contributed by atoms with Crippen molar-refractivity contribution < 1.29 is 5.11 Å². The smallest absolute Gasteiger partial charge is 0.0821 e. The molecule has 0 amide bonds. The summed E-state index contributed by atoms with van der Waals surface area (Å²) in [4.78, 5) is 0. The molecule has 0 aliphatic carbocycles. The summed E-state index contributed by atoms with van der Waals surface area (Å²) >= 11 is 11.9. The van der Waals surface area contributed by atoms with E-state index in [1.54, 1.807) is 18.2 Å². The van der Waals surface area contributed by atoms with Crippen LogP contribution in [-0.2, 0) is 0 Å². The zero-order valence-corrected chi connectivity index (χ0v) is 9.81. The number of hydrogen-bond donors (Lipinski definition) is 1. The third-order valence-corrected chi connectivity index (χ3v) is 2.69. The van der Waals surface area contributed by atoms with Crippen molar-refractivity contribution in [3.05, 3.63) is 33.8 Å². The Labute approximate surface area is 94.7 Å². The van der Waals surface area contributed by atoms with Crippen molar-refractivity contribution in [2.24, 2.45) is 5.92 Å². The van der Waals surface area contributed by atoms with Crippen LogP contribution in [0.5, 0.6) is 0 Å². The second kappa shape index (κ2) is 5.01. The molecule has 0 fully saturated rings. The fourth-order valence-corrected chi connectivity index (χ4v) is 2.04. The molecule has 0 aliphatic heterocycles. The van der Waals surface area contributed by atoms with Gasteiger partial charge in [0.1, 0.15) is 0 Å². The molecule has 1 unspecified atom stereocenters. The first-order valence-corrected chi connectivity index (χ1v) is 5.40. The zero-order valence-electron chi connectivity index (χ0n) is 8.30. The van der Waals surface area contributed by atoms with Gasteiger partial charge >= 0.3 is 0 Å². The second-order valence-electron chi connectivity index (χ2n) is 3.78. The summed E-state index contributed by atoms with van der Waals surface area (Å²) in [6.07, 6.45) is 0.0971. The lowest BCUT2D eigenvalue weighted by molar-refractivity contribution is 0.151. The summed E-state index contributed by atoms with van der Waals surface area (Å²) < 4.78 is 0. The Kier molecular flexibility index (Phi) is 4.24. The van der Waals surface area contributed by atoms with Crippen LogP contribution in [-0.4, -0.2) is 5.11 Å². The van der Waals surface area contributed by atoms with E-state index in [0.29, 0.717) is 27.9 Å². The van der Waals surface area contributed by atoms with Gasteiger partial charge in [-0.05, 0) is 24.5 Å². The Bertz CT molecular complexity index is 290. The van der Waals surface area contributed by atoms with Gasteiger partial charge in [-0.3, -0.25) is 0 Å². The van der Waals surface area contributed by atoms with Gasteiger partial charge in [0.2, 0.25) is 0 Å². The highest BCUT2D eigenvalue weighted by molar-refractivity contribution is 6.36. The highest BCUT2D eigenvalue weighted by Crippen LogP contribution is 2.33. The Balaban J connectivity index is 2.94. The molecule has 1 N–H and O–H groups in total. The van der Waals surface area contributed by atoms with Gasteiger partial charge < -0.3 is 5.11 Å². The maximum atomic E-state index is 9.88. The molecule has 0 spiro atoms. The number of halogens is 2. The summed E-state index contributed by atoms with van der Waals surface area (Å²) in [5.41, 5.74) is 0.643. The van der Waals surface area contributed by atoms with Gasteiger partial charge in [0.25, 0.3) is 0 Å². The molecule has 1 aromatic rings. The van der Waals surface area contributed by atoms with Crippen LogP contribution in [0.2, 0.25) is 10.0 Å². The summed E-state index contributed by atoms with van der Waals surface area (Å²) in [5, 5.41) is 10.9. The maximum Gasteiger partial charge on any atom is 0.0821 e. The minimum Gasteiger partial charge on any atom is -0.388 e. The van der Waals surface area contributed by atoms with Crippen molar-refractivity contribution in [1.29, 1.82) is 0 Å². The molecule has 0 aromatic heterocycles. The van der Waals surface area contributed by atoms with Crippen molar-refractivity contribution in [3.63, 3.8) is 0 Å². The zero-order chi connectivity index (χ0) is 10.7. The lowest BCUT2D eigenvalue weighted by Crippen LogP contribution is -2.03. The SMILES string of the molecule is CC(C)CC(O)c1c(Cl)cccc1Cl. The third-order valence-electron chi connectivity index (χ3n) is 2.03. The van der Waals surface area contributed by atoms with E-state index in [1.807, 2.05) is 13.8 Å². The summed E-state index contributed by atoms with van der Waals surface area (Å²) in [5.74, 6) is 0.414. The molecule has 0 saturated heterocycles. The van der Waals surface area contributed by atoms with E-state index in [0.717, 1.165) is 0 Å². The van der Waals surface area contributed by atoms with Gasteiger partial charge in [0.05, 0.1) is 6.10 Å². The standard InChI is InChI=1S/C11H14Cl2O/c1-7(2)6-10(14)11-8(12)4-3-5-9(11)13/h3-5,7,10,14H,6H2,1-2H3. The number of rotatable bonds is 3. The molecule has 1 atom stereocenters. The van der Waals surface area contributed by atoms with Crippen molar-refractivity contribution >= 4 is 23.2 Å². The molecule has 1 aromatic carbocycles. The molecule has 78 valence electrons. The van der Waals surface area contributed by atoms with E-state index in [4.69, 9.17) is 23.2 Å². The topological polar surface area (TPSA) is 20.2 Å². The molecular formula is C11H14Cl2O. The van der Waals surface area contributed by atoms with Gasteiger partial charge in [-0.2, -0.15) is 0 Å². The van der Waals surface area contributed by atoms with Crippen LogP contribution in [0.1, 0.15) is 31.9 Å². The second-order valence-corrected chi connectivity index (χ2v) is 4.60. The lowest BCUT2D eigenvalue weighted by Gasteiger charge is -2.16. The third kappa shape index (κ3) is 2.88. The molecule has 0 bridgehead atoms. The summed E-state index contributed by atoms with van der Waals surface area (Å²) in [6.45, 7) is 4.10. The Morgan fingerprint density at radius 1 is 1.21 bits per heavy atom. The van der Waals surface area contributed by atoms with Crippen LogP contribution in [0.25, 0.3) is 0 Å². The fraction of sp³-hybridized carbons (Fsp3) is 0.455. The van der Waals surface area contributed by atoms with Crippen LogP contribution in [0.15, 0.2) is 18.2 Å². The Morgan fingerprint density at radius 2 is 1.71 bits per heavy atom. The molecule has 1 rings (SSSR count). The molecule has 3 heteroatoms. The van der Waals surface area contributed by atoms with Crippen LogP contribution in [0, 0.1) is 5.92 Å². The Hall–Kier alpha value is -0.240. The van der Waals surface area contributed by atoms with E-state index < -0.39 is 6.10 Å². The van der Waals surface area contributed by atoms with Crippen LogP contribution in [0.3, 0.4) is 0 Å². The quantitative estimate of drug-likeness (QED) is 0.834. The molecule has 14 heavy (non-hydrogen) atoms. The van der Waals surface area contributed by atoms with E-state index in [-0.39, 0.29) is 0 Å². The number of benzene rings is 1. The van der Waals surface area contributed by atoms with Crippen molar-refractivity contribution in [1.82, 2.24) is 0 Å². The summed E-state index contributed by atoms with van der Waals surface area (Å²) in [7, 11) is 0. The minimum atomic E-state index is -0.573. The highest BCUT2D eigenvalue weighted by Gasteiger charge is 2.16. The number of aliphatic hydroxyl groups is 1. The minimum absolute atomic E-state index is 0.414. The van der Waals surface area contributed by atoms with Crippen LogP contribution < -0.4 is 0 Å². The first kappa shape index (κ1) is 11.8. The van der Waals surface area contributed by atoms with E-state index in [9.17, 15) is 5.11 Å². The molecule has 0 saturated carbocycles. The normalized spacial score (nSPS) is 13.3. The van der Waals surface area contributed by atoms with Crippen molar-refractivity contribution in [2.45, 2.75) is 26.4 Å². The van der Waals surface area contributed by atoms with Gasteiger partial charge in [0.15, 0.2) is 0 Å². The van der Waals surface area contributed by atoms with Crippen molar-refractivity contribution in [3.8, 4) is 0 Å². The molecular weight excluding hydrogens is 219 g/mol. The van der Waals surface area contributed by atoms with Gasteiger partial charge in [-0.15, -0.1) is 0 Å². The number of aliphatic hydroxyl groups excluding tert-OH is 1. The average Bonchev–Trinajstić information content (AvgIpc) is 2.01. The van der Waals surface area contributed by atoms with Gasteiger partial charge in [-0.1, -0.05) is 43.1 Å².